The van der Waals surface area contributed by atoms with Crippen LogP contribution in [0.25, 0.3) is 0 Å². The van der Waals surface area contributed by atoms with E-state index in [9.17, 15) is 4.79 Å². The van der Waals surface area contributed by atoms with Gasteiger partial charge in [-0.15, -0.1) is 0 Å². The predicted octanol–water partition coefficient (Wildman–Crippen LogP) is 2.94. The predicted molar refractivity (Wildman–Crippen MR) is 75.9 cm³/mol. The highest BCUT2D eigenvalue weighted by Gasteiger charge is 2.15. The lowest BCUT2D eigenvalue weighted by Gasteiger charge is -2.16. The molecule has 1 aromatic heterocycles. The Morgan fingerprint density at radius 1 is 1.39 bits per heavy atom. The maximum absolute atomic E-state index is 11.0. The summed E-state index contributed by atoms with van der Waals surface area (Å²) in [6.07, 6.45) is 1.14. The largest absolute Gasteiger partial charge is 0.377 e. The first-order valence-electron chi connectivity index (χ1n) is 6.24. The molecule has 1 rings (SSSR count). The molecule has 0 saturated heterocycles. The molecular weight excluding hydrogens is 248 g/mol. The number of nitrogens with zero attached hydrogens (tertiary/aromatic N) is 2. The Kier molecular flexibility index (Phi) is 5.75. The van der Waals surface area contributed by atoms with Gasteiger partial charge in [-0.2, -0.15) is 0 Å². The lowest BCUT2D eigenvalue weighted by molar-refractivity contribution is 0.0846. The van der Waals surface area contributed by atoms with Gasteiger partial charge in [-0.3, -0.25) is 4.79 Å². The first kappa shape index (κ1) is 15.1. The molecular formula is C13H22N2O2S. The molecule has 4 nitrogen and oxygen atoms in total. The monoisotopic (exact) mass is 270 g/mol. The minimum Gasteiger partial charge on any atom is -0.377 e. The Bertz CT molecular complexity index is 388. The van der Waals surface area contributed by atoms with Crippen molar-refractivity contribution >= 4 is 22.8 Å². The zero-order valence-corrected chi connectivity index (χ0v) is 12.6. The number of hydrogen-bond acceptors (Lipinski definition) is 5. The van der Waals surface area contributed by atoms with E-state index in [0.717, 1.165) is 28.5 Å². The maximum Gasteiger partial charge on any atom is 0.186 e. The van der Waals surface area contributed by atoms with Crippen LogP contribution in [0.5, 0.6) is 0 Å². The number of hydrogen-bond donors (Lipinski definition) is 0. The maximum atomic E-state index is 11.0. The van der Waals surface area contributed by atoms with Gasteiger partial charge < -0.3 is 9.64 Å². The zero-order chi connectivity index (χ0) is 13.7. The van der Waals surface area contributed by atoms with E-state index in [1.54, 1.807) is 0 Å². The summed E-state index contributed by atoms with van der Waals surface area (Å²) in [6, 6.07) is 0. The average molecular weight is 270 g/mol. The van der Waals surface area contributed by atoms with Gasteiger partial charge in [-0.1, -0.05) is 25.2 Å². The lowest BCUT2D eigenvalue weighted by atomic mass is 10.1. The Labute approximate surface area is 113 Å². The Balaban J connectivity index is 2.68. The van der Waals surface area contributed by atoms with Crippen molar-refractivity contribution in [3.05, 3.63) is 10.6 Å². The smallest absolute Gasteiger partial charge is 0.186 e. The van der Waals surface area contributed by atoms with Gasteiger partial charge in [0.1, 0.15) is 0 Å². The fourth-order valence-electron chi connectivity index (χ4n) is 1.51. The second-order valence-corrected chi connectivity index (χ2v) is 5.87. The van der Waals surface area contributed by atoms with Crippen LogP contribution in [0, 0.1) is 0 Å². The van der Waals surface area contributed by atoms with Crippen molar-refractivity contribution in [1.29, 1.82) is 0 Å². The van der Waals surface area contributed by atoms with Crippen LogP contribution in [0.2, 0.25) is 0 Å². The van der Waals surface area contributed by atoms with E-state index in [1.807, 2.05) is 39.6 Å². The van der Waals surface area contributed by atoms with E-state index in [2.05, 4.69) is 4.98 Å². The standard InChI is InChI=1S/C13H22N2O2S/c1-9(2)12-11(8-16)18-13(14-12)15(5)6-7-17-10(3)4/h8-10H,6-7H2,1-5H3. The van der Waals surface area contributed by atoms with Crippen molar-refractivity contribution in [2.75, 3.05) is 25.1 Å². The van der Waals surface area contributed by atoms with Gasteiger partial charge in [0.2, 0.25) is 0 Å². The van der Waals surface area contributed by atoms with Crippen molar-refractivity contribution in [1.82, 2.24) is 4.98 Å². The molecule has 0 atom stereocenters. The van der Waals surface area contributed by atoms with E-state index < -0.39 is 0 Å². The minimum absolute atomic E-state index is 0.242. The molecule has 5 heteroatoms. The van der Waals surface area contributed by atoms with E-state index in [-0.39, 0.29) is 12.0 Å². The van der Waals surface area contributed by atoms with Crippen molar-refractivity contribution in [2.45, 2.75) is 39.7 Å². The first-order valence-corrected chi connectivity index (χ1v) is 7.06. The first-order chi connectivity index (χ1) is 8.45. The molecule has 1 aromatic rings. The molecule has 0 aliphatic heterocycles. The zero-order valence-electron chi connectivity index (χ0n) is 11.8. The molecule has 1 heterocycles. The summed E-state index contributed by atoms with van der Waals surface area (Å²) >= 11 is 1.45. The van der Waals surface area contributed by atoms with E-state index >= 15 is 0 Å². The highest BCUT2D eigenvalue weighted by Crippen LogP contribution is 2.28. The summed E-state index contributed by atoms with van der Waals surface area (Å²) in [5.74, 6) is 0.274. The Hall–Kier alpha value is -0.940. The summed E-state index contributed by atoms with van der Waals surface area (Å²) in [6.45, 7) is 9.58. The molecule has 0 bridgehead atoms. The molecule has 0 N–H and O–H groups in total. The molecule has 0 aromatic carbocycles. The summed E-state index contributed by atoms with van der Waals surface area (Å²) in [4.78, 5) is 18.3. The number of carbonyl (C=O) groups excluding carboxylic acids is 1. The number of rotatable bonds is 7. The van der Waals surface area contributed by atoms with Gasteiger partial charge >= 0.3 is 0 Å². The Morgan fingerprint density at radius 2 is 2.06 bits per heavy atom. The van der Waals surface area contributed by atoms with Crippen LogP contribution in [-0.4, -0.2) is 37.6 Å². The van der Waals surface area contributed by atoms with Crippen molar-refractivity contribution < 1.29 is 9.53 Å². The molecule has 0 saturated carbocycles. The third kappa shape index (κ3) is 4.07. The van der Waals surface area contributed by atoms with Gasteiger partial charge in [0.05, 0.1) is 23.3 Å². The summed E-state index contributed by atoms with van der Waals surface area (Å²) in [5.41, 5.74) is 0.890. The normalized spacial score (nSPS) is 11.3. The number of likely N-dealkylation sites (N-methyl/N-ethyl adjacent to an activating group) is 1. The number of carbonyl (C=O) groups is 1. The molecule has 0 unspecified atom stereocenters. The highest BCUT2D eigenvalue weighted by atomic mass is 32.1. The highest BCUT2D eigenvalue weighted by molar-refractivity contribution is 7.17. The van der Waals surface area contributed by atoms with Gasteiger partial charge in [0, 0.05) is 13.6 Å². The number of aldehydes is 1. The van der Waals surface area contributed by atoms with Crippen LogP contribution in [0.1, 0.15) is 49.0 Å². The van der Waals surface area contributed by atoms with E-state index in [1.165, 1.54) is 11.3 Å². The molecule has 102 valence electrons. The van der Waals surface area contributed by atoms with Gasteiger partial charge in [-0.25, -0.2) is 4.98 Å². The summed E-state index contributed by atoms with van der Waals surface area (Å²) in [5, 5.41) is 0.883. The van der Waals surface area contributed by atoms with Crippen LogP contribution >= 0.6 is 11.3 Å². The van der Waals surface area contributed by atoms with Crippen LogP contribution in [-0.2, 0) is 4.74 Å². The van der Waals surface area contributed by atoms with Gasteiger partial charge in [0.25, 0.3) is 0 Å². The summed E-state index contributed by atoms with van der Waals surface area (Å²) in [7, 11) is 1.97. The van der Waals surface area contributed by atoms with E-state index in [4.69, 9.17) is 4.74 Å². The number of ether oxygens (including phenoxy) is 1. The van der Waals surface area contributed by atoms with Crippen LogP contribution in [0.4, 0.5) is 5.13 Å². The molecule has 0 aliphatic rings. The van der Waals surface area contributed by atoms with E-state index in [0.29, 0.717) is 6.61 Å². The molecule has 0 amide bonds. The second kappa shape index (κ2) is 6.85. The van der Waals surface area contributed by atoms with Gasteiger partial charge in [-0.05, 0) is 19.8 Å². The fraction of sp³-hybridized carbons (Fsp3) is 0.692. The minimum atomic E-state index is 0.242. The SMILES string of the molecule is CC(C)OCCN(C)c1nc(C(C)C)c(C=O)s1. The molecule has 0 spiro atoms. The molecule has 0 radical (unpaired) electrons. The summed E-state index contributed by atoms with van der Waals surface area (Å²) < 4.78 is 5.51. The van der Waals surface area contributed by atoms with Crippen molar-refractivity contribution in [3.8, 4) is 0 Å². The number of aromatic nitrogens is 1. The third-order valence-corrected chi connectivity index (χ3v) is 3.64. The fourth-order valence-corrected chi connectivity index (χ4v) is 2.54. The quantitative estimate of drug-likeness (QED) is 0.714. The average Bonchev–Trinajstić information content (AvgIpc) is 2.72. The second-order valence-electron chi connectivity index (χ2n) is 4.86. The van der Waals surface area contributed by atoms with Crippen molar-refractivity contribution in [2.24, 2.45) is 0 Å². The Morgan fingerprint density at radius 3 is 2.50 bits per heavy atom. The third-order valence-electron chi connectivity index (χ3n) is 2.53. The number of anilines is 1. The van der Waals surface area contributed by atoms with Crippen molar-refractivity contribution in [3.63, 3.8) is 0 Å². The lowest BCUT2D eigenvalue weighted by Crippen LogP contribution is -2.23. The number of thiazole rings is 1. The van der Waals surface area contributed by atoms with Crippen LogP contribution in [0.3, 0.4) is 0 Å². The topological polar surface area (TPSA) is 42.4 Å². The molecule has 0 aliphatic carbocycles. The van der Waals surface area contributed by atoms with Gasteiger partial charge in [0.15, 0.2) is 11.4 Å². The molecule has 18 heavy (non-hydrogen) atoms. The molecule has 0 fully saturated rings. The van der Waals surface area contributed by atoms with Crippen LogP contribution in [0.15, 0.2) is 0 Å². The van der Waals surface area contributed by atoms with Crippen LogP contribution < -0.4 is 4.90 Å².